The zero-order chi connectivity index (χ0) is 25.9. The summed E-state index contributed by atoms with van der Waals surface area (Å²) >= 11 is 0. The van der Waals surface area contributed by atoms with Crippen molar-refractivity contribution in [2.24, 2.45) is 5.73 Å². The Bertz CT molecular complexity index is 1480. The van der Waals surface area contributed by atoms with Gasteiger partial charge in [0.05, 0.1) is 16.4 Å². The number of carbonyl (C=O) groups excluding carboxylic acids is 1. The summed E-state index contributed by atoms with van der Waals surface area (Å²) in [5.41, 5.74) is 8.55. The number of likely N-dealkylation sites (N-methyl/N-ethyl adjacent to an activating group) is 1. The molecule has 10 heteroatoms. The first-order valence-electron chi connectivity index (χ1n) is 13.3. The molecule has 4 N–H and O–H groups in total. The number of amides is 1. The minimum atomic E-state index is -0.356. The molecule has 4 heterocycles. The van der Waals surface area contributed by atoms with Crippen LogP contribution in [-0.4, -0.2) is 76.0 Å². The van der Waals surface area contributed by atoms with Gasteiger partial charge < -0.3 is 25.8 Å². The molecule has 37 heavy (non-hydrogen) atoms. The van der Waals surface area contributed by atoms with E-state index in [1.165, 1.54) is 0 Å². The van der Waals surface area contributed by atoms with Crippen molar-refractivity contribution >= 4 is 39.6 Å². The number of para-hydroxylation sites is 2. The Balaban J connectivity index is 1.70. The number of hydrogen-bond acceptors (Lipinski definition) is 7. The Kier molecular flexibility index (Phi) is 7.38. The maximum Gasteiger partial charge on any atom is 0.261 e. The molecule has 5 rings (SSSR count). The van der Waals surface area contributed by atoms with Gasteiger partial charge in [0, 0.05) is 45.0 Å². The maximum atomic E-state index is 13.8. The van der Waals surface area contributed by atoms with Crippen LogP contribution in [0.25, 0.3) is 27.7 Å². The van der Waals surface area contributed by atoms with Crippen LogP contribution in [0, 0.1) is 0 Å². The third-order valence-electron chi connectivity index (χ3n) is 7.20. The number of likely N-dealkylation sites (tertiary alicyclic amines) is 1. The fourth-order valence-electron chi connectivity index (χ4n) is 5.22. The van der Waals surface area contributed by atoms with Crippen LogP contribution in [0.4, 0.5) is 5.95 Å². The van der Waals surface area contributed by atoms with E-state index in [1.807, 2.05) is 35.7 Å². The van der Waals surface area contributed by atoms with Crippen LogP contribution >= 0.6 is 0 Å². The van der Waals surface area contributed by atoms with Crippen LogP contribution in [0.2, 0.25) is 0 Å². The van der Waals surface area contributed by atoms with E-state index in [0.717, 1.165) is 62.8 Å². The molecule has 0 bridgehead atoms. The van der Waals surface area contributed by atoms with Gasteiger partial charge in [-0.05, 0) is 38.4 Å². The van der Waals surface area contributed by atoms with E-state index >= 15 is 0 Å². The number of imidazole rings is 1. The van der Waals surface area contributed by atoms with Crippen LogP contribution in [0.1, 0.15) is 49.4 Å². The van der Waals surface area contributed by atoms with Crippen LogP contribution in [0.15, 0.2) is 35.3 Å². The van der Waals surface area contributed by atoms with E-state index in [1.54, 1.807) is 11.1 Å². The van der Waals surface area contributed by atoms with E-state index in [0.29, 0.717) is 35.7 Å². The standard InChI is InChI=1S/C27H36N8O2/c1-3-4-7-13-33(15-12-29-2)27-30-16-19-23(36)22(26(37)34-14-8-9-18(28)17-34)25-31-20-10-5-6-11-21(20)35(25)24(19)32-27/h5-6,10-11,16,18,29,31H,3-4,7-9,12-15,17,28H2,1-2H3. The molecule has 1 saturated heterocycles. The van der Waals surface area contributed by atoms with E-state index in [-0.39, 0.29) is 22.9 Å². The molecule has 10 nitrogen and oxygen atoms in total. The van der Waals surface area contributed by atoms with Gasteiger partial charge in [-0.1, -0.05) is 31.9 Å². The molecule has 1 atom stereocenters. The normalized spacial score (nSPS) is 16.2. The first-order chi connectivity index (χ1) is 18.0. The second-order valence-electron chi connectivity index (χ2n) is 9.89. The molecule has 1 aliphatic rings. The Labute approximate surface area is 215 Å². The summed E-state index contributed by atoms with van der Waals surface area (Å²) in [5, 5.41) is 3.53. The summed E-state index contributed by atoms with van der Waals surface area (Å²) in [4.78, 5) is 44.3. The molecule has 0 aliphatic carbocycles. The van der Waals surface area contributed by atoms with Crippen molar-refractivity contribution < 1.29 is 4.79 Å². The quantitative estimate of drug-likeness (QED) is 0.299. The molecular weight excluding hydrogens is 468 g/mol. The summed E-state index contributed by atoms with van der Waals surface area (Å²) in [6.45, 7) is 5.59. The topological polar surface area (TPSA) is 125 Å². The van der Waals surface area contributed by atoms with Crippen molar-refractivity contribution in [3.05, 3.63) is 46.2 Å². The van der Waals surface area contributed by atoms with Gasteiger partial charge in [-0.15, -0.1) is 0 Å². The van der Waals surface area contributed by atoms with Crippen molar-refractivity contribution in [2.45, 2.75) is 45.1 Å². The lowest BCUT2D eigenvalue weighted by molar-refractivity contribution is 0.0709. The summed E-state index contributed by atoms with van der Waals surface area (Å²) in [6.07, 6.45) is 6.57. The van der Waals surface area contributed by atoms with Crippen LogP contribution in [0.5, 0.6) is 0 Å². The number of nitrogens with two attached hydrogens (primary N) is 1. The van der Waals surface area contributed by atoms with E-state index in [2.05, 4.69) is 27.1 Å². The number of aromatic nitrogens is 4. The number of aromatic amines is 1. The Morgan fingerprint density at radius 3 is 2.89 bits per heavy atom. The summed E-state index contributed by atoms with van der Waals surface area (Å²) in [5.74, 6) is 0.281. The lowest BCUT2D eigenvalue weighted by Crippen LogP contribution is -2.47. The largest absolute Gasteiger partial charge is 0.339 e. The van der Waals surface area contributed by atoms with Crippen LogP contribution < -0.4 is 21.4 Å². The fourth-order valence-corrected chi connectivity index (χ4v) is 5.22. The molecule has 3 aromatic heterocycles. The van der Waals surface area contributed by atoms with Gasteiger partial charge in [-0.25, -0.2) is 4.98 Å². The number of anilines is 1. The maximum absolute atomic E-state index is 13.8. The Morgan fingerprint density at radius 1 is 1.27 bits per heavy atom. The van der Waals surface area contributed by atoms with Gasteiger partial charge in [-0.2, -0.15) is 4.98 Å². The summed E-state index contributed by atoms with van der Waals surface area (Å²) < 4.78 is 1.90. The first-order valence-corrected chi connectivity index (χ1v) is 13.3. The Hall–Kier alpha value is -3.50. The van der Waals surface area contributed by atoms with Crippen molar-refractivity contribution in [1.29, 1.82) is 0 Å². The fraction of sp³-hybridized carbons (Fsp3) is 0.481. The van der Waals surface area contributed by atoms with Gasteiger partial charge >= 0.3 is 0 Å². The highest BCUT2D eigenvalue weighted by Crippen LogP contribution is 2.25. The van der Waals surface area contributed by atoms with Gasteiger partial charge in [0.2, 0.25) is 11.4 Å². The number of piperidine rings is 1. The molecule has 1 amide bonds. The predicted molar refractivity (Wildman–Crippen MR) is 147 cm³/mol. The third kappa shape index (κ3) is 4.78. The molecule has 0 radical (unpaired) electrons. The average Bonchev–Trinajstić information content (AvgIpc) is 3.29. The van der Waals surface area contributed by atoms with E-state index in [4.69, 9.17) is 10.7 Å². The van der Waals surface area contributed by atoms with Crippen molar-refractivity contribution in [1.82, 2.24) is 29.6 Å². The molecular formula is C27H36N8O2. The number of hydrogen-bond donors (Lipinski definition) is 3. The zero-order valence-corrected chi connectivity index (χ0v) is 21.7. The molecule has 0 saturated carbocycles. The second-order valence-corrected chi connectivity index (χ2v) is 9.89. The minimum absolute atomic E-state index is 0.0821. The lowest BCUT2D eigenvalue weighted by atomic mass is 10.1. The number of benzene rings is 1. The van der Waals surface area contributed by atoms with Gasteiger partial charge in [0.1, 0.15) is 11.2 Å². The van der Waals surface area contributed by atoms with E-state index in [9.17, 15) is 9.59 Å². The highest BCUT2D eigenvalue weighted by Gasteiger charge is 2.29. The molecule has 1 aromatic carbocycles. The van der Waals surface area contributed by atoms with Gasteiger partial charge in [0.25, 0.3) is 5.91 Å². The second kappa shape index (κ2) is 10.9. The monoisotopic (exact) mass is 504 g/mol. The lowest BCUT2D eigenvalue weighted by Gasteiger charge is -2.30. The molecule has 1 fully saturated rings. The average molecular weight is 505 g/mol. The van der Waals surface area contributed by atoms with Crippen molar-refractivity contribution in [2.75, 3.05) is 44.7 Å². The van der Waals surface area contributed by atoms with E-state index < -0.39 is 0 Å². The van der Waals surface area contributed by atoms with Gasteiger partial charge in [0.15, 0.2) is 5.65 Å². The number of H-pyrrole nitrogens is 1. The molecule has 4 aromatic rings. The first kappa shape index (κ1) is 25.2. The number of nitrogens with one attached hydrogen (secondary N) is 2. The van der Waals surface area contributed by atoms with Crippen LogP contribution in [-0.2, 0) is 0 Å². The third-order valence-corrected chi connectivity index (χ3v) is 7.20. The predicted octanol–water partition coefficient (Wildman–Crippen LogP) is 2.50. The smallest absolute Gasteiger partial charge is 0.261 e. The highest BCUT2D eigenvalue weighted by atomic mass is 16.2. The minimum Gasteiger partial charge on any atom is -0.339 e. The number of carbonyl (C=O) groups is 1. The summed E-state index contributed by atoms with van der Waals surface area (Å²) in [6, 6.07) is 7.70. The number of pyridine rings is 1. The van der Waals surface area contributed by atoms with Crippen molar-refractivity contribution in [3.63, 3.8) is 0 Å². The number of unbranched alkanes of at least 4 members (excludes halogenated alkanes) is 2. The highest BCUT2D eigenvalue weighted by molar-refractivity contribution is 6.05. The zero-order valence-electron chi connectivity index (χ0n) is 21.7. The number of nitrogens with zero attached hydrogens (tertiary/aromatic N) is 5. The Morgan fingerprint density at radius 2 is 2.11 bits per heavy atom. The van der Waals surface area contributed by atoms with Crippen LogP contribution in [0.3, 0.4) is 0 Å². The SMILES string of the molecule is CCCCCN(CCNC)c1ncc2c(=O)c(C(=O)N3CCCC(N)C3)c3[nH]c4ccccc4n3c2n1. The molecule has 1 unspecified atom stereocenters. The van der Waals surface area contributed by atoms with Gasteiger partial charge in [-0.3, -0.25) is 14.0 Å². The van der Waals surface area contributed by atoms with Crippen molar-refractivity contribution in [3.8, 4) is 0 Å². The number of fused-ring (bicyclic) bond motifs is 5. The number of rotatable bonds is 9. The summed E-state index contributed by atoms with van der Waals surface area (Å²) in [7, 11) is 1.92. The molecule has 1 aliphatic heterocycles. The molecule has 0 spiro atoms. The molecule has 196 valence electrons.